The van der Waals surface area contributed by atoms with Crippen molar-refractivity contribution < 1.29 is 0 Å². The van der Waals surface area contributed by atoms with Gasteiger partial charge in [0.15, 0.2) is 5.96 Å². The molecule has 2 heterocycles. The number of hydrogen-bond acceptors (Lipinski definition) is 3. The van der Waals surface area contributed by atoms with Crippen molar-refractivity contribution in [3.63, 3.8) is 0 Å². The van der Waals surface area contributed by atoms with Crippen molar-refractivity contribution in [1.82, 2.24) is 20.4 Å². The Kier molecular flexibility index (Phi) is 8.16. The minimum Gasteiger partial charge on any atom is -0.356 e. The zero-order valence-electron chi connectivity index (χ0n) is 17.9. The van der Waals surface area contributed by atoms with Crippen molar-refractivity contribution in [2.75, 3.05) is 53.4 Å². The van der Waals surface area contributed by atoms with Crippen LogP contribution in [0.3, 0.4) is 0 Å². The summed E-state index contributed by atoms with van der Waals surface area (Å²) >= 11 is 0. The molecule has 0 unspecified atom stereocenters. The molecule has 2 aliphatic heterocycles. The molecule has 1 aromatic carbocycles. The first-order chi connectivity index (χ1) is 13.7. The van der Waals surface area contributed by atoms with Crippen LogP contribution in [0.1, 0.15) is 44.1 Å². The van der Waals surface area contributed by atoms with Crippen molar-refractivity contribution >= 4 is 5.96 Å². The summed E-state index contributed by atoms with van der Waals surface area (Å²) in [6.07, 6.45) is 8.82. The molecule has 0 aromatic heterocycles. The predicted octanol–water partition coefficient (Wildman–Crippen LogP) is 2.73. The van der Waals surface area contributed by atoms with E-state index in [0.29, 0.717) is 0 Å². The molecular weight excluding hydrogens is 346 g/mol. The van der Waals surface area contributed by atoms with Gasteiger partial charge >= 0.3 is 0 Å². The molecule has 0 atom stereocenters. The van der Waals surface area contributed by atoms with Gasteiger partial charge in [-0.3, -0.25) is 9.89 Å². The average Bonchev–Trinajstić information content (AvgIpc) is 2.76. The second-order valence-electron chi connectivity index (χ2n) is 8.52. The van der Waals surface area contributed by atoms with Crippen molar-refractivity contribution in [2.24, 2.45) is 4.99 Å². The lowest BCUT2D eigenvalue weighted by molar-refractivity contribution is 0.0173. The molecule has 0 spiro atoms. The number of nitrogens with one attached hydrogen (secondary N) is 2. The van der Waals surface area contributed by atoms with E-state index in [1.807, 2.05) is 7.05 Å². The molecule has 0 amide bonds. The van der Waals surface area contributed by atoms with Crippen LogP contribution in [-0.2, 0) is 6.42 Å². The quantitative estimate of drug-likeness (QED) is 0.430. The largest absolute Gasteiger partial charge is 0.356 e. The van der Waals surface area contributed by atoms with Crippen molar-refractivity contribution in [1.29, 1.82) is 0 Å². The fourth-order valence-corrected chi connectivity index (χ4v) is 4.62. The summed E-state index contributed by atoms with van der Waals surface area (Å²) in [5.74, 6) is 0.948. The highest BCUT2D eigenvalue weighted by Crippen LogP contribution is 2.30. The highest BCUT2D eigenvalue weighted by molar-refractivity contribution is 5.79. The van der Waals surface area contributed by atoms with Crippen molar-refractivity contribution in [2.45, 2.75) is 50.5 Å². The Balaban J connectivity index is 1.48. The molecule has 0 bridgehead atoms. The van der Waals surface area contributed by atoms with E-state index in [4.69, 9.17) is 0 Å². The molecule has 2 saturated heterocycles. The number of aliphatic imine (C=N–C) groups is 1. The normalized spacial score (nSPS) is 21.4. The summed E-state index contributed by atoms with van der Waals surface area (Å²) in [6, 6.07) is 10.7. The third kappa shape index (κ3) is 5.95. The number of piperidine rings is 2. The molecule has 156 valence electrons. The Hall–Kier alpha value is -1.59. The van der Waals surface area contributed by atoms with Gasteiger partial charge in [-0.05, 0) is 77.3 Å². The first kappa shape index (κ1) is 21.1. The fourth-order valence-electron chi connectivity index (χ4n) is 4.62. The van der Waals surface area contributed by atoms with E-state index in [9.17, 15) is 0 Å². The molecule has 28 heavy (non-hydrogen) atoms. The van der Waals surface area contributed by atoms with Gasteiger partial charge in [-0.15, -0.1) is 0 Å². The van der Waals surface area contributed by atoms with Gasteiger partial charge < -0.3 is 15.5 Å². The van der Waals surface area contributed by atoms with Crippen LogP contribution >= 0.6 is 0 Å². The van der Waals surface area contributed by atoms with E-state index in [1.165, 1.54) is 63.8 Å². The van der Waals surface area contributed by atoms with Crippen LogP contribution in [0.2, 0.25) is 0 Å². The lowest BCUT2D eigenvalue weighted by atomic mass is 9.84. The number of hydrogen-bond donors (Lipinski definition) is 2. The second-order valence-corrected chi connectivity index (χ2v) is 8.52. The van der Waals surface area contributed by atoms with Gasteiger partial charge in [0.1, 0.15) is 0 Å². The van der Waals surface area contributed by atoms with E-state index in [2.05, 4.69) is 62.8 Å². The van der Waals surface area contributed by atoms with Crippen LogP contribution in [0.15, 0.2) is 35.3 Å². The smallest absolute Gasteiger partial charge is 0.191 e. The number of rotatable bonds is 7. The van der Waals surface area contributed by atoms with E-state index >= 15 is 0 Å². The van der Waals surface area contributed by atoms with Crippen LogP contribution in [0.25, 0.3) is 0 Å². The van der Waals surface area contributed by atoms with Crippen molar-refractivity contribution in [3.8, 4) is 0 Å². The van der Waals surface area contributed by atoms with Gasteiger partial charge in [0, 0.05) is 25.7 Å². The maximum Gasteiger partial charge on any atom is 0.191 e. The molecule has 5 heteroatoms. The number of nitrogens with zero attached hydrogens (tertiary/aromatic N) is 3. The number of guanidine groups is 1. The van der Waals surface area contributed by atoms with Crippen LogP contribution < -0.4 is 10.6 Å². The predicted molar refractivity (Wildman–Crippen MR) is 119 cm³/mol. The molecule has 0 aliphatic carbocycles. The maximum atomic E-state index is 4.47. The van der Waals surface area contributed by atoms with Crippen LogP contribution in [0.4, 0.5) is 0 Å². The van der Waals surface area contributed by atoms with Crippen LogP contribution in [0, 0.1) is 0 Å². The molecule has 3 rings (SSSR count). The first-order valence-corrected chi connectivity index (χ1v) is 11.1. The van der Waals surface area contributed by atoms with Gasteiger partial charge in [0.05, 0.1) is 0 Å². The third-order valence-corrected chi connectivity index (χ3v) is 6.53. The summed E-state index contributed by atoms with van der Waals surface area (Å²) in [6.45, 7) is 6.86. The van der Waals surface area contributed by atoms with Gasteiger partial charge in [0.2, 0.25) is 0 Å². The number of benzene rings is 1. The number of likely N-dealkylation sites (tertiary alicyclic amines) is 2. The average molecular weight is 386 g/mol. The van der Waals surface area contributed by atoms with Gasteiger partial charge in [-0.25, -0.2) is 0 Å². The molecule has 2 aliphatic rings. The Bertz CT molecular complexity index is 586. The zero-order valence-corrected chi connectivity index (χ0v) is 17.9. The molecule has 1 aromatic rings. The standard InChI is InChI=1S/C23H39N5/c1-24-22(25-15-9-12-21-10-5-3-6-11-21)26-20-23(13-18-27(2)19-14-23)28-16-7-4-8-17-28/h3,5-6,10-11H,4,7-9,12-20H2,1-2H3,(H2,24,25,26). The molecule has 2 N–H and O–H groups in total. The Morgan fingerprint density at radius 2 is 1.71 bits per heavy atom. The minimum atomic E-state index is 0.286. The summed E-state index contributed by atoms with van der Waals surface area (Å²) in [5, 5.41) is 7.19. The van der Waals surface area contributed by atoms with Crippen LogP contribution in [0.5, 0.6) is 0 Å². The van der Waals surface area contributed by atoms with Gasteiger partial charge in [0.25, 0.3) is 0 Å². The Labute approximate surface area is 171 Å². The fraction of sp³-hybridized carbons (Fsp3) is 0.696. The monoisotopic (exact) mass is 385 g/mol. The summed E-state index contributed by atoms with van der Waals surface area (Å²) in [4.78, 5) is 9.72. The SMILES string of the molecule is CN=C(NCCCc1ccccc1)NCC1(N2CCCCC2)CCN(C)CC1. The van der Waals surface area contributed by atoms with Crippen molar-refractivity contribution in [3.05, 3.63) is 35.9 Å². The van der Waals surface area contributed by atoms with E-state index < -0.39 is 0 Å². The molecule has 2 fully saturated rings. The lowest BCUT2D eigenvalue weighted by Gasteiger charge is -2.50. The summed E-state index contributed by atoms with van der Waals surface area (Å²) in [7, 11) is 4.13. The Morgan fingerprint density at radius 3 is 2.39 bits per heavy atom. The molecule has 0 radical (unpaired) electrons. The van der Waals surface area contributed by atoms with E-state index in [-0.39, 0.29) is 5.54 Å². The van der Waals surface area contributed by atoms with Gasteiger partial charge in [-0.2, -0.15) is 0 Å². The maximum absolute atomic E-state index is 4.47. The third-order valence-electron chi connectivity index (χ3n) is 6.53. The Morgan fingerprint density at radius 1 is 1.00 bits per heavy atom. The van der Waals surface area contributed by atoms with Crippen LogP contribution in [-0.4, -0.2) is 74.7 Å². The highest BCUT2D eigenvalue weighted by atomic mass is 15.3. The van der Waals surface area contributed by atoms with E-state index in [1.54, 1.807) is 0 Å². The molecule has 0 saturated carbocycles. The highest BCUT2D eigenvalue weighted by Gasteiger charge is 2.39. The zero-order chi connectivity index (χ0) is 19.7. The van der Waals surface area contributed by atoms with Gasteiger partial charge in [-0.1, -0.05) is 36.8 Å². The first-order valence-electron chi connectivity index (χ1n) is 11.1. The second kappa shape index (κ2) is 10.8. The summed E-state index contributed by atoms with van der Waals surface area (Å²) < 4.78 is 0. The summed E-state index contributed by atoms with van der Waals surface area (Å²) in [5.41, 5.74) is 1.69. The topological polar surface area (TPSA) is 42.9 Å². The number of aryl methyl sites for hydroxylation is 1. The van der Waals surface area contributed by atoms with E-state index in [0.717, 1.165) is 31.9 Å². The minimum absolute atomic E-state index is 0.286. The molecule has 5 nitrogen and oxygen atoms in total. The lowest BCUT2D eigenvalue weighted by Crippen LogP contribution is -2.62. The molecular formula is C23H39N5.